The summed E-state index contributed by atoms with van der Waals surface area (Å²) >= 11 is 0. The zero-order valence-electron chi connectivity index (χ0n) is 13.2. The third kappa shape index (κ3) is 4.42. The lowest BCUT2D eigenvalue weighted by molar-refractivity contribution is 0.0456. The Morgan fingerprint density at radius 3 is 2.10 bits per heavy atom. The van der Waals surface area contributed by atoms with E-state index in [9.17, 15) is 0 Å². The van der Waals surface area contributed by atoms with Crippen molar-refractivity contribution in [1.82, 2.24) is 0 Å². The summed E-state index contributed by atoms with van der Waals surface area (Å²) in [6, 6.07) is 18.8. The average Bonchev–Trinajstić information content (AvgIpc) is 2.48. The topological polar surface area (TPSA) is 35.2 Å². The molecule has 21 heavy (non-hydrogen) atoms. The Bertz CT molecular complexity index is 540. The predicted molar refractivity (Wildman–Crippen MR) is 88.2 cm³/mol. The zero-order chi connectivity index (χ0) is 15.3. The van der Waals surface area contributed by atoms with Crippen LogP contribution in [0, 0.1) is 0 Å². The van der Waals surface area contributed by atoms with E-state index in [4.69, 9.17) is 10.5 Å². The van der Waals surface area contributed by atoms with Gasteiger partial charge >= 0.3 is 0 Å². The highest BCUT2D eigenvalue weighted by molar-refractivity contribution is 5.27. The van der Waals surface area contributed by atoms with E-state index in [2.05, 4.69) is 57.2 Å². The highest BCUT2D eigenvalue weighted by Gasteiger charge is 2.13. The van der Waals surface area contributed by atoms with Crippen LogP contribution in [0.3, 0.4) is 0 Å². The van der Waals surface area contributed by atoms with Crippen molar-refractivity contribution in [3.63, 3.8) is 0 Å². The number of benzene rings is 2. The van der Waals surface area contributed by atoms with Gasteiger partial charge in [0.05, 0.1) is 12.7 Å². The van der Waals surface area contributed by atoms with Crippen LogP contribution >= 0.6 is 0 Å². The lowest BCUT2D eigenvalue weighted by atomic mass is 9.87. The van der Waals surface area contributed by atoms with E-state index in [1.165, 1.54) is 11.1 Å². The normalized spacial score (nSPS) is 13.1. The maximum absolute atomic E-state index is 5.96. The second kappa shape index (κ2) is 6.88. The fourth-order valence-electron chi connectivity index (χ4n) is 2.27. The third-order valence-electron chi connectivity index (χ3n) is 3.66. The SMILES string of the molecule is CC(C)(C)c1ccc(COC(CN)c2ccccc2)cc1. The van der Waals surface area contributed by atoms with Crippen LogP contribution in [0.15, 0.2) is 54.6 Å². The summed E-state index contributed by atoms with van der Waals surface area (Å²) in [5, 5.41) is 0. The summed E-state index contributed by atoms with van der Waals surface area (Å²) in [6.07, 6.45) is -0.0477. The lowest BCUT2D eigenvalue weighted by Gasteiger charge is -2.20. The molecule has 2 rings (SSSR count). The summed E-state index contributed by atoms with van der Waals surface area (Å²) in [4.78, 5) is 0. The maximum atomic E-state index is 5.96. The molecule has 0 bridgehead atoms. The Morgan fingerprint density at radius 2 is 1.57 bits per heavy atom. The first-order valence-corrected chi connectivity index (χ1v) is 7.47. The molecule has 2 N–H and O–H groups in total. The van der Waals surface area contributed by atoms with E-state index in [1.807, 2.05) is 18.2 Å². The molecule has 0 saturated carbocycles. The van der Waals surface area contributed by atoms with Gasteiger partial charge in [0.15, 0.2) is 0 Å². The molecule has 112 valence electrons. The average molecular weight is 283 g/mol. The van der Waals surface area contributed by atoms with Gasteiger partial charge in [0.25, 0.3) is 0 Å². The van der Waals surface area contributed by atoms with Crippen molar-refractivity contribution in [2.75, 3.05) is 6.54 Å². The molecule has 0 amide bonds. The van der Waals surface area contributed by atoms with E-state index >= 15 is 0 Å². The smallest absolute Gasteiger partial charge is 0.0951 e. The van der Waals surface area contributed by atoms with Crippen molar-refractivity contribution in [3.05, 3.63) is 71.3 Å². The van der Waals surface area contributed by atoms with E-state index in [-0.39, 0.29) is 11.5 Å². The van der Waals surface area contributed by atoms with Gasteiger partial charge in [-0.1, -0.05) is 75.4 Å². The molecule has 2 aromatic rings. The van der Waals surface area contributed by atoms with Gasteiger partial charge < -0.3 is 10.5 Å². The predicted octanol–water partition coefficient (Wildman–Crippen LogP) is 4.20. The highest BCUT2D eigenvalue weighted by atomic mass is 16.5. The molecule has 0 aromatic heterocycles. The van der Waals surface area contributed by atoms with Crippen molar-refractivity contribution in [2.24, 2.45) is 5.73 Å². The van der Waals surface area contributed by atoms with Gasteiger partial charge in [0.1, 0.15) is 0 Å². The molecule has 0 aliphatic rings. The fourth-order valence-corrected chi connectivity index (χ4v) is 2.27. The van der Waals surface area contributed by atoms with E-state index in [0.29, 0.717) is 13.2 Å². The molecule has 2 nitrogen and oxygen atoms in total. The van der Waals surface area contributed by atoms with Crippen molar-refractivity contribution in [1.29, 1.82) is 0 Å². The molecule has 2 heteroatoms. The lowest BCUT2D eigenvalue weighted by Crippen LogP contribution is -2.16. The Balaban J connectivity index is 1.99. The molecule has 0 saturated heterocycles. The molecule has 1 unspecified atom stereocenters. The first-order chi connectivity index (χ1) is 10.0. The van der Waals surface area contributed by atoms with Gasteiger partial charge in [-0.3, -0.25) is 0 Å². The summed E-state index contributed by atoms with van der Waals surface area (Å²) in [5.74, 6) is 0. The van der Waals surface area contributed by atoms with Gasteiger partial charge in [0, 0.05) is 6.54 Å². The second-order valence-corrected chi connectivity index (χ2v) is 6.39. The van der Waals surface area contributed by atoms with Gasteiger partial charge in [-0.2, -0.15) is 0 Å². The van der Waals surface area contributed by atoms with Crippen molar-refractivity contribution >= 4 is 0 Å². The quantitative estimate of drug-likeness (QED) is 0.892. The van der Waals surface area contributed by atoms with Crippen molar-refractivity contribution in [2.45, 2.75) is 38.9 Å². The van der Waals surface area contributed by atoms with Crippen LogP contribution in [-0.2, 0) is 16.8 Å². The number of hydrogen-bond donors (Lipinski definition) is 1. The van der Waals surface area contributed by atoms with Crippen LogP contribution in [0.25, 0.3) is 0 Å². The number of ether oxygens (including phenoxy) is 1. The van der Waals surface area contributed by atoms with Crippen LogP contribution in [0.4, 0.5) is 0 Å². The number of rotatable bonds is 5. The standard InChI is InChI=1S/C19H25NO/c1-19(2,3)17-11-9-15(10-12-17)14-21-18(13-20)16-7-5-4-6-8-16/h4-12,18H,13-14,20H2,1-3H3. The van der Waals surface area contributed by atoms with Gasteiger partial charge in [-0.25, -0.2) is 0 Å². The first-order valence-electron chi connectivity index (χ1n) is 7.47. The Hall–Kier alpha value is -1.64. The van der Waals surface area contributed by atoms with Crippen LogP contribution < -0.4 is 5.73 Å². The van der Waals surface area contributed by atoms with Crippen LogP contribution in [0.2, 0.25) is 0 Å². The van der Waals surface area contributed by atoms with Crippen LogP contribution in [0.5, 0.6) is 0 Å². The molecule has 0 aliphatic heterocycles. The van der Waals surface area contributed by atoms with Crippen molar-refractivity contribution in [3.8, 4) is 0 Å². The molecule has 0 aliphatic carbocycles. The summed E-state index contributed by atoms with van der Waals surface area (Å²) in [5.41, 5.74) is 9.66. The van der Waals surface area contributed by atoms with Gasteiger partial charge in [0.2, 0.25) is 0 Å². The molecule has 1 atom stereocenters. The van der Waals surface area contributed by atoms with E-state index in [1.54, 1.807) is 0 Å². The molecular weight excluding hydrogens is 258 g/mol. The first kappa shape index (κ1) is 15.7. The summed E-state index contributed by atoms with van der Waals surface area (Å²) in [6.45, 7) is 7.74. The van der Waals surface area contributed by atoms with E-state index < -0.39 is 0 Å². The Kier molecular flexibility index (Phi) is 5.16. The third-order valence-corrected chi connectivity index (χ3v) is 3.66. The minimum absolute atomic E-state index is 0.0477. The summed E-state index contributed by atoms with van der Waals surface area (Å²) < 4.78 is 5.96. The minimum atomic E-state index is -0.0477. The second-order valence-electron chi connectivity index (χ2n) is 6.39. The van der Waals surface area contributed by atoms with E-state index in [0.717, 1.165) is 5.56 Å². The maximum Gasteiger partial charge on any atom is 0.0951 e. The molecule has 0 fully saturated rings. The number of nitrogens with two attached hydrogens (primary N) is 1. The Morgan fingerprint density at radius 1 is 0.952 bits per heavy atom. The Labute approximate surface area is 127 Å². The molecule has 0 spiro atoms. The van der Waals surface area contributed by atoms with Gasteiger partial charge in [-0.15, -0.1) is 0 Å². The van der Waals surface area contributed by atoms with Crippen LogP contribution in [0.1, 0.15) is 43.6 Å². The zero-order valence-corrected chi connectivity index (χ0v) is 13.2. The molecule has 0 heterocycles. The minimum Gasteiger partial charge on any atom is -0.368 e. The molecular formula is C19H25NO. The monoisotopic (exact) mass is 283 g/mol. The highest BCUT2D eigenvalue weighted by Crippen LogP contribution is 2.23. The van der Waals surface area contributed by atoms with Gasteiger partial charge in [-0.05, 0) is 22.1 Å². The molecule has 2 aromatic carbocycles. The van der Waals surface area contributed by atoms with Crippen LogP contribution in [-0.4, -0.2) is 6.54 Å². The fraction of sp³-hybridized carbons (Fsp3) is 0.368. The van der Waals surface area contributed by atoms with Crippen molar-refractivity contribution < 1.29 is 4.74 Å². The summed E-state index contributed by atoms with van der Waals surface area (Å²) in [7, 11) is 0. The molecule has 0 radical (unpaired) electrons. The number of hydrogen-bond acceptors (Lipinski definition) is 2. The largest absolute Gasteiger partial charge is 0.368 e.